The number of hydrogen-bond donors (Lipinski definition) is 1. The molecule has 0 aliphatic rings. The van der Waals surface area contributed by atoms with Crippen molar-refractivity contribution < 1.29 is 0 Å². The minimum Gasteiger partial charge on any atom is -0.369 e. The fraction of sp³-hybridized carbons (Fsp3) is 0.375. The molecular weight excluding hydrogens is 180 g/mol. The topological polar surface area (TPSA) is 74.0 Å². The third kappa shape index (κ3) is 1.00. The van der Waals surface area contributed by atoms with Gasteiger partial charge in [-0.15, -0.1) is 0 Å². The number of nitrogens with two attached hydrogens (primary N) is 1. The van der Waals surface area contributed by atoms with Crippen LogP contribution >= 0.6 is 0 Å². The maximum atomic E-state index is 5.71. The van der Waals surface area contributed by atoms with E-state index in [9.17, 15) is 0 Å². The van der Waals surface area contributed by atoms with Gasteiger partial charge in [0.05, 0.1) is 6.33 Å². The number of aryl methyl sites for hydroxylation is 2. The van der Waals surface area contributed by atoms with Gasteiger partial charge >= 0.3 is 0 Å². The molecule has 2 heterocycles. The lowest BCUT2D eigenvalue weighted by molar-refractivity contribution is 0.889. The van der Waals surface area contributed by atoms with Crippen LogP contribution in [0, 0.1) is 0 Å². The molecule has 6 heteroatoms. The van der Waals surface area contributed by atoms with E-state index in [0.717, 1.165) is 11.2 Å². The minimum absolute atomic E-state index is 0.414. The Morgan fingerprint density at radius 1 is 1.43 bits per heavy atom. The second kappa shape index (κ2) is 2.83. The fourth-order valence-electron chi connectivity index (χ4n) is 1.42. The number of aromatic nitrogens is 4. The highest BCUT2D eigenvalue weighted by molar-refractivity contribution is 5.71. The zero-order valence-electron chi connectivity index (χ0n) is 8.39. The molecule has 0 spiro atoms. The summed E-state index contributed by atoms with van der Waals surface area (Å²) in [6.45, 7) is 0. The standard InChI is InChI=1S/C8H12N6/c1-10-6-5-7(11-4-13(5)2)14(3)8(9)12-6/h4H,1-3H3,(H2,9,10,12). The molecule has 2 aromatic heterocycles. The van der Waals surface area contributed by atoms with Crippen LogP contribution in [-0.4, -0.2) is 26.1 Å². The molecule has 0 saturated carbocycles. The van der Waals surface area contributed by atoms with E-state index >= 15 is 0 Å². The highest BCUT2D eigenvalue weighted by atomic mass is 15.2. The molecule has 2 rings (SSSR count). The molecule has 0 radical (unpaired) electrons. The summed E-state index contributed by atoms with van der Waals surface area (Å²) in [6, 6.07) is 0. The molecule has 0 fully saturated rings. The minimum atomic E-state index is 0.414. The maximum absolute atomic E-state index is 5.71. The Balaban J connectivity index is 3.08. The number of rotatable bonds is 0. The summed E-state index contributed by atoms with van der Waals surface area (Å²) in [5.41, 5.74) is 8.02. The fourth-order valence-corrected chi connectivity index (χ4v) is 1.42. The van der Waals surface area contributed by atoms with E-state index in [0.29, 0.717) is 11.4 Å². The predicted octanol–water partition coefficient (Wildman–Crippen LogP) is -0.581. The van der Waals surface area contributed by atoms with Gasteiger partial charge in [-0.05, 0) is 0 Å². The van der Waals surface area contributed by atoms with Crippen molar-refractivity contribution in [3.63, 3.8) is 0 Å². The second-order valence-corrected chi connectivity index (χ2v) is 3.10. The van der Waals surface area contributed by atoms with E-state index in [-0.39, 0.29) is 0 Å². The summed E-state index contributed by atoms with van der Waals surface area (Å²) in [5, 5.41) is 0. The monoisotopic (exact) mass is 192 g/mol. The Hall–Kier alpha value is -1.85. The van der Waals surface area contributed by atoms with E-state index in [1.54, 1.807) is 17.9 Å². The Morgan fingerprint density at radius 2 is 2.14 bits per heavy atom. The van der Waals surface area contributed by atoms with E-state index < -0.39 is 0 Å². The Kier molecular flexibility index (Phi) is 1.77. The van der Waals surface area contributed by atoms with Gasteiger partial charge in [0.25, 0.3) is 0 Å². The zero-order valence-corrected chi connectivity index (χ0v) is 8.39. The van der Waals surface area contributed by atoms with Crippen LogP contribution in [0.2, 0.25) is 0 Å². The molecule has 0 aliphatic heterocycles. The lowest BCUT2D eigenvalue weighted by atomic mass is 10.5. The van der Waals surface area contributed by atoms with Gasteiger partial charge in [-0.2, -0.15) is 4.98 Å². The number of fused-ring (bicyclic) bond motifs is 1. The molecule has 6 nitrogen and oxygen atoms in total. The average Bonchev–Trinajstić information content (AvgIpc) is 2.55. The largest absolute Gasteiger partial charge is 0.369 e. The number of imidazole rings is 1. The summed E-state index contributed by atoms with van der Waals surface area (Å²) < 4.78 is 3.62. The number of nitrogen functional groups attached to an aromatic ring is 1. The normalized spacial score (nSPS) is 12.6. The molecular formula is C8H12N6. The first-order chi connectivity index (χ1) is 6.65. The van der Waals surface area contributed by atoms with Crippen LogP contribution < -0.4 is 11.2 Å². The molecule has 74 valence electrons. The van der Waals surface area contributed by atoms with Crippen molar-refractivity contribution in [2.75, 3.05) is 12.8 Å². The smallest absolute Gasteiger partial charge is 0.203 e. The molecule has 0 saturated heterocycles. The van der Waals surface area contributed by atoms with Crippen molar-refractivity contribution in [1.82, 2.24) is 19.1 Å². The molecule has 0 aliphatic carbocycles. The summed E-state index contributed by atoms with van der Waals surface area (Å²) >= 11 is 0. The first kappa shape index (κ1) is 8.74. The van der Waals surface area contributed by atoms with Crippen molar-refractivity contribution >= 4 is 17.1 Å². The summed E-state index contributed by atoms with van der Waals surface area (Å²) in [4.78, 5) is 12.5. The van der Waals surface area contributed by atoms with Crippen molar-refractivity contribution in [3.05, 3.63) is 11.8 Å². The van der Waals surface area contributed by atoms with Crippen LogP contribution in [0.25, 0.3) is 11.2 Å². The van der Waals surface area contributed by atoms with Crippen molar-refractivity contribution in [2.45, 2.75) is 0 Å². The van der Waals surface area contributed by atoms with Crippen LogP contribution in [0.4, 0.5) is 5.95 Å². The quantitative estimate of drug-likeness (QED) is 0.606. The third-order valence-electron chi connectivity index (χ3n) is 2.22. The van der Waals surface area contributed by atoms with Crippen molar-refractivity contribution in [3.8, 4) is 0 Å². The molecule has 0 bridgehead atoms. The van der Waals surface area contributed by atoms with Gasteiger partial charge in [0.15, 0.2) is 11.1 Å². The molecule has 2 aromatic rings. The van der Waals surface area contributed by atoms with Gasteiger partial charge in [0.1, 0.15) is 5.52 Å². The van der Waals surface area contributed by atoms with E-state index in [2.05, 4.69) is 15.0 Å². The number of nitrogens with zero attached hydrogens (tertiary/aromatic N) is 5. The number of anilines is 1. The van der Waals surface area contributed by atoms with E-state index in [1.807, 2.05) is 18.7 Å². The second-order valence-electron chi connectivity index (χ2n) is 3.10. The summed E-state index contributed by atoms with van der Waals surface area (Å²) in [5.74, 6) is 0.414. The van der Waals surface area contributed by atoms with Crippen LogP contribution in [0.15, 0.2) is 11.3 Å². The van der Waals surface area contributed by atoms with Crippen molar-refractivity contribution in [2.24, 2.45) is 19.1 Å². The highest BCUT2D eigenvalue weighted by Crippen LogP contribution is 2.07. The van der Waals surface area contributed by atoms with Crippen molar-refractivity contribution in [1.29, 1.82) is 0 Å². The van der Waals surface area contributed by atoms with Crippen LogP contribution in [0.3, 0.4) is 0 Å². The molecule has 0 unspecified atom stereocenters. The van der Waals surface area contributed by atoms with Crippen LogP contribution in [0.5, 0.6) is 0 Å². The lowest BCUT2D eigenvalue weighted by Gasteiger charge is -2.04. The SMILES string of the molecule is CN=c1nc(N)n(C)c2ncn(C)c12. The van der Waals surface area contributed by atoms with Gasteiger partial charge in [-0.25, -0.2) is 4.98 Å². The van der Waals surface area contributed by atoms with Crippen LogP contribution in [0.1, 0.15) is 0 Å². The van der Waals surface area contributed by atoms with Gasteiger partial charge in [-0.1, -0.05) is 0 Å². The maximum Gasteiger partial charge on any atom is 0.203 e. The summed E-state index contributed by atoms with van der Waals surface area (Å²) in [6.07, 6.45) is 1.72. The predicted molar refractivity (Wildman–Crippen MR) is 53.4 cm³/mol. The number of hydrogen-bond acceptors (Lipinski definition) is 4. The molecule has 0 amide bonds. The Morgan fingerprint density at radius 3 is 2.79 bits per heavy atom. The molecule has 0 atom stereocenters. The third-order valence-corrected chi connectivity index (χ3v) is 2.22. The van der Waals surface area contributed by atoms with Gasteiger partial charge in [0, 0.05) is 21.1 Å². The average molecular weight is 192 g/mol. The molecule has 2 N–H and O–H groups in total. The zero-order chi connectivity index (χ0) is 10.3. The summed E-state index contributed by atoms with van der Waals surface area (Å²) in [7, 11) is 5.42. The van der Waals surface area contributed by atoms with Crippen LogP contribution in [-0.2, 0) is 14.1 Å². The Bertz CT molecular complexity index is 547. The molecule has 0 aromatic carbocycles. The first-order valence-corrected chi connectivity index (χ1v) is 4.21. The van der Waals surface area contributed by atoms with E-state index in [4.69, 9.17) is 5.73 Å². The van der Waals surface area contributed by atoms with Gasteiger partial charge < -0.3 is 10.3 Å². The van der Waals surface area contributed by atoms with Gasteiger partial charge in [0.2, 0.25) is 5.95 Å². The first-order valence-electron chi connectivity index (χ1n) is 4.21. The van der Waals surface area contributed by atoms with Gasteiger partial charge in [-0.3, -0.25) is 9.56 Å². The molecule has 14 heavy (non-hydrogen) atoms. The van der Waals surface area contributed by atoms with E-state index in [1.165, 1.54) is 0 Å². The Labute approximate surface area is 80.7 Å². The lowest BCUT2D eigenvalue weighted by Crippen LogP contribution is -2.18. The highest BCUT2D eigenvalue weighted by Gasteiger charge is 2.07.